The van der Waals surface area contributed by atoms with Gasteiger partial charge in [-0.25, -0.2) is 17.6 Å². The Bertz CT molecular complexity index is 1190. The zero-order valence-electron chi connectivity index (χ0n) is 14.4. The minimum Gasteiger partial charge on any atom is -0.493 e. The van der Waals surface area contributed by atoms with Crippen molar-refractivity contribution in [3.8, 4) is 17.6 Å². The summed E-state index contributed by atoms with van der Waals surface area (Å²) in [6, 6.07) is 2.02. The molecule has 0 amide bonds. The molecule has 0 atom stereocenters. The molecule has 0 unspecified atom stereocenters. The molecule has 1 radical (unpaired) electrons. The molecule has 3 aromatic rings. The Balaban J connectivity index is 0.00000320. The van der Waals surface area contributed by atoms with Crippen LogP contribution in [0.3, 0.4) is 0 Å². The van der Waals surface area contributed by atoms with Crippen LogP contribution in [0.4, 0.5) is 26.3 Å². The van der Waals surface area contributed by atoms with Gasteiger partial charge in [0, 0.05) is 34.8 Å². The Hall–Kier alpha value is -3.36. The van der Waals surface area contributed by atoms with E-state index in [4.69, 9.17) is 5.26 Å². The average Bonchev–Trinajstić information content (AvgIpc) is 2.93. The monoisotopic (exact) mass is 475 g/mol. The van der Waals surface area contributed by atoms with Gasteiger partial charge in [-0.3, -0.25) is 4.79 Å². The molecular weight excluding hydrogens is 470 g/mol. The van der Waals surface area contributed by atoms with Gasteiger partial charge in [0.1, 0.15) is 22.9 Å². The molecule has 0 aliphatic rings. The van der Waals surface area contributed by atoms with E-state index in [1.54, 1.807) is 0 Å². The van der Waals surface area contributed by atoms with E-state index < -0.39 is 69.2 Å². The van der Waals surface area contributed by atoms with E-state index >= 15 is 0 Å². The van der Waals surface area contributed by atoms with Gasteiger partial charge in [0.05, 0.1) is 5.69 Å². The van der Waals surface area contributed by atoms with Crippen molar-refractivity contribution < 1.29 is 53.3 Å². The van der Waals surface area contributed by atoms with Gasteiger partial charge in [0.15, 0.2) is 23.3 Å². The minimum absolute atomic E-state index is 0. The van der Waals surface area contributed by atoms with E-state index in [2.05, 4.69) is 10.1 Å². The van der Waals surface area contributed by atoms with Gasteiger partial charge in [0.2, 0.25) is 23.6 Å². The molecule has 6 nitrogen and oxygen atoms in total. The molecule has 0 bridgehead atoms. The number of carbonyl (C=O) groups is 1. The maximum atomic E-state index is 14.2. The molecule has 3 rings (SSSR count). The summed E-state index contributed by atoms with van der Waals surface area (Å²) >= 11 is 0. The van der Waals surface area contributed by atoms with Crippen molar-refractivity contribution >= 4 is 5.78 Å². The number of pyridine rings is 1. The van der Waals surface area contributed by atoms with E-state index in [1.165, 1.54) is 0 Å². The quantitative estimate of drug-likeness (QED) is 0.206. The van der Waals surface area contributed by atoms with Crippen LogP contribution >= 0.6 is 0 Å². The molecule has 0 aliphatic carbocycles. The first-order valence-electron chi connectivity index (χ1n) is 7.51. The zero-order valence-corrected chi connectivity index (χ0v) is 15.3. The maximum absolute atomic E-state index is 14.2. The van der Waals surface area contributed by atoms with Crippen molar-refractivity contribution in [1.82, 2.24) is 14.8 Å². The van der Waals surface area contributed by atoms with Crippen molar-refractivity contribution in [3.63, 3.8) is 0 Å². The maximum Gasteiger partial charge on any atom is 0.226 e. The van der Waals surface area contributed by atoms with Crippen LogP contribution in [0.2, 0.25) is 0 Å². The number of benzene rings is 1. The summed E-state index contributed by atoms with van der Waals surface area (Å²) in [5.74, 6) is -13.4. The number of carbonyl (C=O) groups excluding carboxylic acids is 1. The van der Waals surface area contributed by atoms with Crippen molar-refractivity contribution in [2.75, 3.05) is 0 Å². The second-order valence-electron chi connectivity index (χ2n) is 5.62. The summed E-state index contributed by atoms with van der Waals surface area (Å²) in [5, 5.41) is 22.3. The molecule has 0 spiro atoms. The Kier molecular flexibility index (Phi) is 6.25. The van der Waals surface area contributed by atoms with Crippen LogP contribution in [-0.2, 0) is 17.1 Å². The number of aromatic hydroxyl groups is 1. The van der Waals surface area contributed by atoms with Gasteiger partial charge in [0.25, 0.3) is 0 Å². The molecule has 0 aliphatic heterocycles. The van der Waals surface area contributed by atoms with Crippen LogP contribution in [0.25, 0.3) is 5.69 Å². The number of hydrogen-bond acceptors (Lipinski definition) is 5. The molecule has 1 aromatic carbocycles. The molecule has 0 saturated heterocycles. The van der Waals surface area contributed by atoms with Gasteiger partial charge in [-0.15, -0.1) is 0 Å². The summed E-state index contributed by atoms with van der Waals surface area (Å²) in [6.45, 7) is 1.09. The van der Waals surface area contributed by atoms with Crippen LogP contribution < -0.4 is 0 Å². The van der Waals surface area contributed by atoms with Crippen LogP contribution in [0.5, 0.6) is 5.88 Å². The Morgan fingerprint density at radius 3 is 2.00 bits per heavy atom. The van der Waals surface area contributed by atoms with E-state index in [9.17, 15) is 36.2 Å². The summed E-state index contributed by atoms with van der Waals surface area (Å²) in [5.41, 5.74) is -4.81. The Morgan fingerprint density at radius 2 is 1.53 bits per heavy atom. The van der Waals surface area contributed by atoms with E-state index in [0.29, 0.717) is 12.1 Å². The van der Waals surface area contributed by atoms with Gasteiger partial charge < -0.3 is 5.11 Å². The molecule has 1 N–H and O–H groups in total. The van der Waals surface area contributed by atoms with E-state index in [0.717, 1.165) is 13.0 Å². The number of hydrogen-bond donors (Lipinski definition) is 1. The third kappa shape index (κ3) is 3.51. The second-order valence-corrected chi connectivity index (χ2v) is 5.62. The standard InChI is InChI=1S/C17H6F6N4O2.Cu/c1-5-10(16(28)6-2-8(18)25-9(19)3-6)17(29)27(26-5)15-13(22)11(20)7(4-24)12(21)14(15)23;/h2-3,29H,1H3;. The summed E-state index contributed by atoms with van der Waals surface area (Å²) in [4.78, 5) is 15.3. The third-order valence-electron chi connectivity index (χ3n) is 3.85. The van der Waals surface area contributed by atoms with Crippen LogP contribution in [-0.4, -0.2) is 25.7 Å². The number of aryl methyl sites for hydroxylation is 1. The number of nitriles is 1. The normalized spacial score (nSPS) is 10.5. The van der Waals surface area contributed by atoms with Crippen molar-refractivity contribution in [3.05, 3.63) is 69.7 Å². The van der Waals surface area contributed by atoms with Crippen LogP contribution in [0.1, 0.15) is 27.2 Å². The molecule has 0 fully saturated rings. The number of nitrogens with zero attached hydrogens (tertiary/aromatic N) is 4. The predicted octanol–water partition coefficient (Wildman–Crippen LogP) is 3.22. The summed E-state index contributed by atoms with van der Waals surface area (Å²) in [7, 11) is 0. The predicted molar refractivity (Wildman–Crippen MR) is 82.1 cm³/mol. The molecule has 0 saturated carbocycles. The van der Waals surface area contributed by atoms with Crippen molar-refractivity contribution in [2.45, 2.75) is 6.92 Å². The minimum atomic E-state index is -2.06. The number of rotatable bonds is 3. The molecule has 30 heavy (non-hydrogen) atoms. The molecule has 13 heteroatoms. The van der Waals surface area contributed by atoms with Gasteiger partial charge >= 0.3 is 0 Å². The smallest absolute Gasteiger partial charge is 0.226 e. The number of aromatic nitrogens is 3. The third-order valence-corrected chi connectivity index (χ3v) is 3.85. The van der Waals surface area contributed by atoms with Gasteiger partial charge in [-0.2, -0.15) is 28.8 Å². The van der Waals surface area contributed by atoms with Crippen LogP contribution in [0.15, 0.2) is 12.1 Å². The Morgan fingerprint density at radius 1 is 1.03 bits per heavy atom. The average molecular weight is 476 g/mol. The number of halogens is 6. The summed E-state index contributed by atoms with van der Waals surface area (Å²) in [6.07, 6.45) is 0. The fourth-order valence-electron chi connectivity index (χ4n) is 2.58. The van der Waals surface area contributed by atoms with Gasteiger partial charge in [-0.05, 0) is 6.92 Å². The number of ketones is 1. The van der Waals surface area contributed by atoms with E-state index in [1.807, 2.05) is 0 Å². The fraction of sp³-hybridized carbons (Fsp3) is 0.0588. The second kappa shape index (κ2) is 8.17. The fourth-order valence-corrected chi connectivity index (χ4v) is 2.58. The first kappa shape index (κ1) is 22.9. The van der Waals surface area contributed by atoms with Crippen molar-refractivity contribution in [2.24, 2.45) is 0 Å². The van der Waals surface area contributed by atoms with Gasteiger partial charge in [-0.1, -0.05) is 0 Å². The topological polar surface area (TPSA) is 91.8 Å². The SMILES string of the molecule is Cc1nn(-c2c(F)c(F)c(C#N)c(F)c2F)c(O)c1C(=O)c1cc(F)nc(F)c1.[Cu]. The first-order chi connectivity index (χ1) is 13.6. The molecular formula is C17H6CuF6N4O2. The first-order valence-corrected chi connectivity index (χ1v) is 7.51. The summed E-state index contributed by atoms with van der Waals surface area (Å²) < 4.78 is 82.7. The van der Waals surface area contributed by atoms with Crippen molar-refractivity contribution in [1.29, 1.82) is 5.26 Å². The Labute approximate surface area is 173 Å². The van der Waals surface area contributed by atoms with Crippen LogP contribution in [0, 0.1) is 53.4 Å². The molecule has 159 valence electrons. The van der Waals surface area contributed by atoms with E-state index in [-0.39, 0.29) is 27.4 Å². The zero-order chi connectivity index (χ0) is 21.6. The largest absolute Gasteiger partial charge is 0.493 e. The molecule has 2 heterocycles. The molecule has 2 aromatic heterocycles.